The molecule has 3 heteroatoms. The lowest BCUT2D eigenvalue weighted by atomic mass is 10.2. The summed E-state index contributed by atoms with van der Waals surface area (Å²) in [6.07, 6.45) is 3.08. The van der Waals surface area contributed by atoms with E-state index in [1.54, 1.807) is 18.0 Å². The molecule has 0 aliphatic rings. The molecule has 1 heterocycles. The SMILES string of the molecule is Cc1ccc(Sc2cocn2)cc1. The van der Waals surface area contributed by atoms with Crippen LogP contribution in [0, 0.1) is 6.92 Å². The molecule has 0 saturated heterocycles. The van der Waals surface area contributed by atoms with Crippen molar-refractivity contribution in [1.82, 2.24) is 4.98 Å². The number of hydrogen-bond acceptors (Lipinski definition) is 3. The van der Waals surface area contributed by atoms with E-state index in [-0.39, 0.29) is 0 Å². The highest BCUT2D eigenvalue weighted by Gasteiger charge is 1.98. The first-order valence-corrected chi connectivity index (χ1v) is 4.79. The van der Waals surface area contributed by atoms with Gasteiger partial charge in [0.05, 0.1) is 0 Å². The zero-order chi connectivity index (χ0) is 9.10. The summed E-state index contributed by atoms with van der Waals surface area (Å²) in [7, 11) is 0. The summed E-state index contributed by atoms with van der Waals surface area (Å²) >= 11 is 1.60. The highest BCUT2D eigenvalue weighted by Crippen LogP contribution is 2.25. The normalized spacial score (nSPS) is 10.2. The Kier molecular flexibility index (Phi) is 2.36. The van der Waals surface area contributed by atoms with Crippen LogP contribution >= 0.6 is 11.8 Å². The van der Waals surface area contributed by atoms with Gasteiger partial charge in [-0.15, -0.1) is 0 Å². The van der Waals surface area contributed by atoms with Gasteiger partial charge in [-0.05, 0) is 19.1 Å². The predicted molar refractivity (Wildman–Crippen MR) is 51.8 cm³/mol. The quantitative estimate of drug-likeness (QED) is 0.729. The van der Waals surface area contributed by atoms with Gasteiger partial charge in [0.25, 0.3) is 0 Å². The van der Waals surface area contributed by atoms with Gasteiger partial charge in [-0.3, -0.25) is 0 Å². The van der Waals surface area contributed by atoms with Crippen LogP contribution in [0.25, 0.3) is 0 Å². The summed E-state index contributed by atoms with van der Waals surface area (Å²) < 4.78 is 4.88. The first-order valence-electron chi connectivity index (χ1n) is 3.97. The van der Waals surface area contributed by atoms with Crippen LogP contribution in [0.2, 0.25) is 0 Å². The molecule has 0 bridgehead atoms. The van der Waals surface area contributed by atoms with Gasteiger partial charge in [0.1, 0.15) is 11.3 Å². The highest BCUT2D eigenvalue weighted by molar-refractivity contribution is 7.99. The molecule has 0 N–H and O–H groups in total. The van der Waals surface area contributed by atoms with Crippen molar-refractivity contribution in [2.45, 2.75) is 16.8 Å². The average molecular weight is 191 g/mol. The smallest absolute Gasteiger partial charge is 0.181 e. The van der Waals surface area contributed by atoms with E-state index in [0.29, 0.717) is 0 Å². The molecule has 0 amide bonds. The minimum Gasteiger partial charge on any atom is -0.451 e. The van der Waals surface area contributed by atoms with Crippen LogP contribution < -0.4 is 0 Å². The van der Waals surface area contributed by atoms with Crippen LogP contribution in [0.1, 0.15) is 5.56 Å². The molecule has 0 aliphatic heterocycles. The lowest BCUT2D eigenvalue weighted by molar-refractivity contribution is 0.555. The van der Waals surface area contributed by atoms with Gasteiger partial charge in [-0.25, -0.2) is 4.98 Å². The summed E-state index contributed by atoms with van der Waals surface area (Å²) in [5, 5.41) is 0.892. The molecule has 0 fully saturated rings. The van der Waals surface area contributed by atoms with Gasteiger partial charge in [-0.1, -0.05) is 29.5 Å². The molecule has 0 saturated carbocycles. The summed E-state index contributed by atoms with van der Waals surface area (Å²) in [6.45, 7) is 2.07. The third kappa shape index (κ3) is 2.12. The number of rotatable bonds is 2. The van der Waals surface area contributed by atoms with Crippen LogP contribution in [-0.2, 0) is 0 Å². The van der Waals surface area contributed by atoms with Crippen molar-refractivity contribution in [1.29, 1.82) is 0 Å². The number of nitrogens with zero attached hydrogens (tertiary/aromatic N) is 1. The first kappa shape index (κ1) is 8.38. The third-order valence-corrected chi connectivity index (χ3v) is 2.57. The van der Waals surface area contributed by atoms with Crippen molar-refractivity contribution in [2.75, 3.05) is 0 Å². The Morgan fingerprint density at radius 1 is 1.23 bits per heavy atom. The van der Waals surface area contributed by atoms with Crippen LogP contribution in [-0.4, -0.2) is 4.98 Å². The first-order chi connectivity index (χ1) is 6.34. The molecule has 0 radical (unpaired) electrons. The molecule has 1 aromatic heterocycles. The Morgan fingerprint density at radius 2 is 2.00 bits per heavy atom. The molecular formula is C10H9NOS. The van der Waals surface area contributed by atoms with E-state index in [4.69, 9.17) is 4.42 Å². The summed E-state index contributed by atoms with van der Waals surface area (Å²) in [4.78, 5) is 5.21. The van der Waals surface area contributed by atoms with Crippen LogP contribution in [0.4, 0.5) is 0 Å². The van der Waals surface area contributed by atoms with E-state index in [1.165, 1.54) is 16.9 Å². The van der Waals surface area contributed by atoms with Crippen molar-refractivity contribution < 1.29 is 4.42 Å². The fourth-order valence-electron chi connectivity index (χ4n) is 0.979. The van der Waals surface area contributed by atoms with Gasteiger partial charge >= 0.3 is 0 Å². The second kappa shape index (κ2) is 3.66. The van der Waals surface area contributed by atoms with Gasteiger partial charge in [-0.2, -0.15) is 0 Å². The average Bonchev–Trinajstić information content (AvgIpc) is 2.62. The zero-order valence-electron chi connectivity index (χ0n) is 7.23. The second-order valence-electron chi connectivity index (χ2n) is 2.74. The largest absolute Gasteiger partial charge is 0.451 e. The van der Waals surface area contributed by atoms with E-state index in [1.807, 2.05) is 0 Å². The summed E-state index contributed by atoms with van der Waals surface area (Å²) in [5.41, 5.74) is 1.27. The molecule has 66 valence electrons. The maximum atomic E-state index is 4.88. The van der Waals surface area contributed by atoms with Crippen LogP contribution in [0.5, 0.6) is 0 Å². The number of aromatic nitrogens is 1. The summed E-state index contributed by atoms with van der Waals surface area (Å²) in [6, 6.07) is 8.33. The lowest BCUT2D eigenvalue weighted by Crippen LogP contribution is -1.73. The molecule has 13 heavy (non-hydrogen) atoms. The van der Waals surface area contributed by atoms with Crippen molar-refractivity contribution in [2.24, 2.45) is 0 Å². The van der Waals surface area contributed by atoms with Gasteiger partial charge < -0.3 is 4.42 Å². The van der Waals surface area contributed by atoms with Crippen LogP contribution in [0.15, 0.2) is 51.3 Å². The van der Waals surface area contributed by atoms with Crippen molar-refractivity contribution in [3.63, 3.8) is 0 Å². The van der Waals surface area contributed by atoms with Gasteiger partial charge in [0.2, 0.25) is 0 Å². The molecule has 2 rings (SSSR count). The Morgan fingerprint density at radius 3 is 2.62 bits per heavy atom. The Bertz CT molecular complexity index is 366. The maximum absolute atomic E-state index is 4.88. The number of aryl methyl sites for hydroxylation is 1. The molecule has 1 aromatic carbocycles. The van der Waals surface area contributed by atoms with E-state index < -0.39 is 0 Å². The molecule has 0 atom stereocenters. The molecular weight excluding hydrogens is 182 g/mol. The van der Waals surface area contributed by atoms with Gasteiger partial charge in [0.15, 0.2) is 6.39 Å². The number of oxazole rings is 1. The molecule has 0 spiro atoms. The van der Waals surface area contributed by atoms with Gasteiger partial charge in [0, 0.05) is 4.90 Å². The molecule has 0 unspecified atom stereocenters. The Labute approximate surface area is 81.0 Å². The molecule has 0 aliphatic carbocycles. The fourth-order valence-corrected chi connectivity index (χ4v) is 1.69. The van der Waals surface area contributed by atoms with Crippen LogP contribution in [0.3, 0.4) is 0 Å². The third-order valence-electron chi connectivity index (χ3n) is 1.65. The molecule has 2 nitrogen and oxygen atoms in total. The van der Waals surface area contributed by atoms with Crippen molar-refractivity contribution in [3.05, 3.63) is 42.5 Å². The summed E-state index contributed by atoms with van der Waals surface area (Å²) in [5.74, 6) is 0. The molecule has 2 aromatic rings. The van der Waals surface area contributed by atoms with Crippen molar-refractivity contribution >= 4 is 11.8 Å². The Balaban J connectivity index is 2.15. The minimum absolute atomic E-state index is 0.892. The highest BCUT2D eigenvalue weighted by atomic mass is 32.2. The zero-order valence-corrected chi connectivity index (χ0v) is 8.04. The van der Waals surface area contributed by atoms with E-state index in [0.717, 1.165) is 5.03 Å². The van der Waals surface area contributed by atoms with Crippen molar-refractivity contribution in [3.8, 4) is 0 Å². The number of benzene rings is 1. The number of hydrogen-bond donors (Lipinski definition) is 0. The predicted octanol–water partition coefficient (Wildman–Crippen LogP) is 3.13. The van der Waals surface area contributed by atoms with E-state index in [9.17, 15) is 0 Å². The maximum Gasteiger partial charge on any atom is 0.181 e. The monoisotopic (exact) mass is 191 g/mol. The second-order valence-corrected chi connectivity index (χ2v) is 3.84. The Hall–Kier alpha value is -1.22. The topological polar surface area (TPSA) is 26.0 Å². The fraction of sp³-hybridized carbons (Fsp3) is 0.100. The lowest BCUT2D eigenvalue weighted by Gasteiger charge is -1.96. The van der Waals surface area contributed by atoms with E-state index >= 15 is 0 Å². The minimum atomic E-state index is 0.892. The van der Waals surface area contributed by atoms with E-state index in [2.05, 4.69) is 36.2 Å². The standard InChI is InChI=1S/C10H9NOS/c1-8-2-4-9(5-3-8)13-10-6-12-7-11-10/h2-7H,1H3.